The van der Waals surface area contributed by atoms with Crippen LogP contribution in [0, 0.1) is 23.7 Å². The zero-order chi connectivity index (χ0) is 20.4. The second kappa shape index (κ2) is 9.58. The molecule has 2 aliphatic carbocycles. The van der Waals surface area contributed by atoms with Crippen molar-refractivity contribution in [1.82, 2.24) is 16.1 Å². The van der Waals surface area contributed by atoms with Gasteiger partial charge in [-0.2, -0.15) is 5.48 Å². The zero-order valence-corrected chi connectivity index (χ0v) is 17.6. The molecule has 0 aromatic rings. The minimum Gasteiger partial charge on any atom is -0.393 e. The molecule has 1 amide bonds. The van der Waals surface area contributed by atoms with Gasteiger partial charge in [0, 0.05) is 18.9 Å². The van der Waals surface area contributed by atoms with E-state index in [1.54, 1.807) is 7.11 Å². The summed E-state index contributed by atoms with van der Waals surface area (Å²) in [6.07, 6.45) is 6.76. The number of methoxy groups -OCH3 is 1. The van der Waals surface area contributed by atoms with Gasteiger partial charge in [-0.1, -0.05) is 6.42 Å². The molecule has 7 unspecified atom stereocenters. The summed E-state index contributed by atoms with van der Waals surface area (Å²) in [6.45, 7) is 2.97. The highest BCUT2D eigenvalue weighted by atomic mass is 16.7. The summed E-state index contributed by atoms with van der Waals surface area (Å²) < 4.78 is 11.3. The van der Waals surface area contributed by atoms with Gasteiger partial charge in [0.15, 0.2) is 6.23 Å². The monoisotopic (exact) mass is 411 g/mol. The van der Waals surface area contributed by atoms with Crippen LogP contribution in [-0.2, 0) is 19.1 Å². The van der Waals surface area contributed by atoms with Crippen LogP contribution < -0.4 is 16.1 Å². The Hall–Kier alpha value is -0.770. The lowest BCUT2D eigenvalue weighted by molar-refractivity contribution is -0.128. The molecule has 9 atom stereocenters. The standard InChI is InChI=1S/C21H37N3O5/c1-12(25)13-4-3-5-15(8-13)21(26)22-17-10-28-18-9-14(6-7-16(17)18)20-23-19(11-27-2)29-24-20/h12-20,23-25H,3-11H2,1-2H3,(H,22,26)/t12-,13?,14?,15?,16?,17-,18?,19?,20?/m1/s1. The van der Waals surface area contributed by atoms with Crippen molar-refractivity contribution in [2.45, 2.75) is 82.5 Å². The van der Waals surface area contributed by atoms with E-state index in [0.717, 1.165) is 44.9 Å². The molecular formula is C21H37N3O5. The van der Waals surface area contributed by atoms with Gasteiger partial charge in [0.25, 0.3) is 0 Å². The van der Waals surface area contributed by atoms with Gasteiger partial charge in [0.05, 0.1) is 37.6 Å². The first-order chi connectivity index (χ1) is 14.0. The van der Waals surface area contributed by atoms with Crippen molar-refractivity contribution in [3.8, 4) is 0 Å². The Morgan fingerprint density at radius 1 is 1.28 bits per heavy atom. The molecule has 4 aliphatic rings. The predicted molar refractivity (Wildman–Crippen MR) is 106 cm³/mol. The molecule has 2 saturated carbocycles. The third-order valence-corrected chi connectivity index (χ3v) is 7.48. The minimum absolute atomic E-state index is 0.0282. The Bertz CT molecular complexity index is 562. The fourth-order valence-electron chi connectivity index (χ4n) is 5.73. The molecule has 0 spiro atoms. The number of nitrogens with one attached hydrogen (secondary N) is 3. The van der Waals surface area contributed by atoms with E-state index in [1.807, 2.05) is 6.92 Å². The molecule has 8 heteroatoms. The first-order valence-corrected chi connectivity index (χ1v) is 11.3. The van der Waals surface area contributed by atoms with Crippen molar-refractivity contribution in [2.24, 2.45) is 23.7 Å². The molecular weight excluding hydrogens is 374 g/mol. The van der Waals surface area contributed by atoms with Gasteiger partial charge in [0.2, 0.25) is 5.91 Å². The summed E-state index contributed by atoms with van der Waals surface area (Å²) >= 11 is 0. The van der Waals surface area contributed by atoms with E-state index in [4.69, 9.17) is 14.3 Å². The van der Waals surface area contributed by atoms with Gasteiger partial charge in [-0.15, -0.1) is 0 Å². The molecule has 4 fully saturated rings. The Kier molecular flexibility index (Phi) is 7.09. The summed E-state index contributed by atoms with van der Waals surface area (Å²) in [6, 6.07) is 0.113. The number of rotatable bonds is 6. The number of ether oxygens (including phenoxy) is 2. The molecule has 4 N–H and O–H groups in total. The average molecular weight is 412 g/mol. The third-order valence-electron chi connectivity index (χ3n) is 7.48. The van der Waals surface area contributed by atoms with Crippen LogP contribution in [0.3, 0.4) is 0 Å². The van der Waals surface area contributed by atoms with E-state index in [0.29, 0.717) is 25.0 Å². The molecule has 4 rings (SSSR count). The van der Waals surface area contributed by atoms with Gasteiger partial charge >= 0.3 is 0 Å². The maximum absolute atomic E-state index is 12.9. The lowest BCUT2D eigenvalue weighted by Gasteiger charge is -2.36. The van der Waals surface area contributed by atoms with Crippen molar-refractivity contribution >= 4 is 5.91 Å². The highest BCUT2D eigenvalue weighted by Gasteiger charge is 2.45. The fourth-order valence-corrected chi connectivity index (χ4v) is 5.73. The van der Waals surface area contributed by atoms with Gasteiger partial charge < -0.3 is 19.9 Å². The third kappa shape index (κ3) is 4.94. The normalized spacial score (nSPS) is 43.7. The van der Waals surface area contributed by atoms with E-state index in [1.165, 1.54) is 0 Å². The number of fused-ring (bicyclic) bond motifs is 1. The van der Waals surface area contributed by atoms with Crippen molar-refractivity contribution < 1.29 is 24.2 Å². The number of hydroxylamine groups is 1. The van der Waals surface area contributed by atoms with Crippen LogP contribution >= 0.6 is 0 Å². The SMILES string of the molecule is COCC1NC(C2CCC3C(C2)OC[C@H]3NC(=O)C2CCCC([C@@H](C)O)C2)NO1. The van der Waals surface area contributed by atoms with Crippen molar-refractivity contribution in [1.29, 1.82) is 0 Å². The van der Waals surface area contributed by atoms with E-state index >= 15 is 0 Å². The van der Waals surface area contributed by atoms with E-state index in [9.17, 15) is 9.90 Å². The lowest BCUT2D eigenvalue weighted by Crippen LogP contribution is -2.48. The molecule has 29 heavy (non-hydrogen) atoms. The number of hydrogen-bond acceptors (Lipinski definition) is 7. The highest BCUT2D eigenvalue weighted by molar-refractivity contribution is 5.79. The Labute approximate surface area is 173 Å². The molecule has 0 aromatic carbocycles. The number of hydrogen-bond donors (Lipinski definition) is 4. The Morgan fingerprint density at radius 3 is 2.93 bits per heavy atom. The average Bonchev–Trinajstić information content (AvgIpc) is 3.35. The summed E-state index contributed by atoms with van der Waals surface area (Å²) in [5.74, 6) is 1.27. The van der Waals surface area contributed by atoms with Crippen LogP contribution in [0.2, 0.25) is 0 Å². The molecule has 0 bridgehead atoms. The van der Waals surface area contributed by atoms with Gasteiger partial charge in [-0.25, -0.2) is 0 Å². The fraction of sp³-hybridized carbons (Fsp3) is 0.952. The van der Waals surface area contributed by atoms with E-state index < -0.39 is 0 Å². The smallest absolute Gasteiger partial charge is 0.223 e. The first kappa shape index (κ1) is 21.5. The van der Waals surface area contributed by atoms with Crippen LogP contribution in [0.25, 0.3) is 0 Å². The first-order valence-electron chi connectivity index (χ1n) is 11.3. The number of carbonyl (C=O) groups is 1. The second-order valence-corrected chi connectivity index (χ2v) is 9.41. The van der Waals surface area contributed by atoms with Crippen molar-refractivity contribution in [3.63, 3.8) is 0 Å². The molecule has 2 aliphatic heterocycles. The highest BCUT2D eigenvalue weighted by Crippen LogP contribution is 2.39. The summed E-state index contributed by atoms with van der Waals surface area (Å²) in [5, 5.41) is 16.6. The molecule has 0 radical (unpaired) electrons. The summed E-state index contributed by atoms with van der Waals surface area (Å²) in [7, 11) is 1.67. The van der Waals surface area contributed by atoms with Crippen LogP contribution in [0.4, 0.5) is 0 Å². The van der Waals surface area contributed by atoms with Crippen LogP contribution in [0.15, 0.2) is 0 Å². The molecule has 8 nitrogen and oxygen atoms in total. The summed E-state index contributed by atoms with van der Waals surface area (Å²) in [5.41, 5.74) is 3.10. The largest absolute Gasteiger partial charge is 0.393 e. The van der Waals surface area contributed by atoms with E-state index in [-0.39, 0.29) is 48.4 Å². The van der Waals surface area contributed by atoms with Gasteiger partial charge in [-0.3, -0.25) is 14.9 Å². The molecule has 2 heterocycles. The Balaban J connectivity index is 1.26. The van der Waals surface area contributed by atoms with Crippen LogP contribution in [0.1, 0.15) is 51.9 Å². The molecule has 2 saturated heterocycles. The minimum atomic E-state index is -0.328. The topological polar surface area (TPSA) is 101 Å². The molecule has 0 aromatic heterocycles. The zero-order valence-electron chi connectivity index (χ0n) is 17.6. The number of amides is 1. The van der Waals surface area contributed by atoms with E-state index in [2.05, 4.69) is 16.1 Å². The summed E-state index contributed by atoms with van der Waals surface area (Å²) in [4.78, 5) is 18.4. The second-order valence-electron chi connectivity index (χ2n) is 9.41. The van der Waals surface area contributed by atoms with Gasteiger partial charge in [-0.05, 0) is 57.3 Å². The quantitative estimate of drug-likeness (QED) is 0.515. The lowest BCUT2D eigenvalue weighted by atomic mass is 9.76. The molecule has 166 valence electrons. The van der Waals surface area contributed by atoms with Crippen LogP contribution in [-0.4, -0.2) is 62.0 Å². The maximum atomic E-state index is 12.9. The Morgan fingerprint density at radius 2 is 2.14 bits per heavy atom. The van der Waals surface area contributed by atoms with Crippen molar-refractivity contribution in [3.05, 3.63) is 0 Å². The van der Waals surface area contributed by atoms with Crippen LogP contribution in [0.5, 0.6) is 0 Å². The number of aliphatic hydroxyl groups is 1. The predicted octanol–water partition coefficient (Wildman–Crippen LogP) is 0.897. The van der Waals surface area contributed by atoms with Crippen molar-refractivity contribution in [2.75, 3.05) is 20.3 Å². The number of aliphatic hydroxyl groups excluding tert-OH is 1. The maximum Gasteiger partial charge on any atom is 0.223 e. The van der Waals surface area contributed by atoms with Gasteiger partial charge in [0.1, 0.15) is 0 Å². The number of carbonyl (C=O) groups excluding carboxylic acids is 1.